The molecule has 3 fully saturated rings. The molecule has 0 unspecified atom stereocenters. The number of phenolic OH excluding ortho intramolecular Hbond substituents is 2. The third-order valence-electron chi connectivity index (χ3n) is 8.49. The van der Waals surface area contributed by atoms with Gasteiger partial charge in [-0.05, 0) is 90.5 Å². The minimum atomic E-state index is -0.0306. The summed E-state index contributed by atoms with van der Waals surface area (Å²) in [5.41, 5.74) is 5.04. The van der Waals surface area contributed by atoms with Crippen LogP contribution in [0.25, 0.3) is 0 Å². The Morgan fingerprint density at radius 3 is 1.59 bits per heavy atom. The highest BCUT2D eigenvalue weighted by molar-refractivity contribution is 7.99. The lowest BCUT2D eigenvalue weighted by molar-refractivity contribution is 0.410. The molecule has 2 saturated carbocycles. The van der Waals surface area contributed by atoms with Gasteiger partial charge >= 0.3 is 0 Å². The fourth-order valence-electron chi connectivity index (χ4n) is 6.60. The summed E-state index contributed by atoms with van der Waals surface area (Å²) in [4.78, 5) is 0. The molecule has 0 spiro atoms. The maximum Gasteiger partial charge on any atom is 0.119 e. The lowest BCUT2D eigenvalue weighted by Gasteiger charge is -2.39. The predicted octanol–water partition coefficient (Wildman–Crippen LogP) is 8.01. The van der Waals surface area contributed by atoms with Crippen LogP contribution in [0.5, 0.6) is 11.5 Å². The van der Waals surface area contributed by atoms with Gasteiger partial charge in [0.25, 0.3) is 0 Å². The van der Waals surface area contributed by atoms with Crippen molar-refractivity contribution in [3.63, 3.8) is 0 Å². The number of benzene rings is 2. The fourth-order valence-corrected chi connectivity index (χ4v) is 7.92. The minimum Gasteiger partial charge on any atom is -0.508 e. The van der Waals surface area contributed by atoms with E-state index in [1.807, 2.05) is 12.1 Å². The summed E-state index contributed by atoms with van der Waals surface area (Å²) in [5.74, 6) is 4.25. The van der Waals surface area contributed by atoms with Crippen LogP contribution in [0.2, 0.25) is 0 Å². The van der Waals surface area contributed by atoms with Crippen molar-refractivity contribution in [1.29, 1.82) is 0 Å². The Morgan fingerprint density at radius 2 is 1.16 bits per heavy atom. The van der Waals surface area contributed by atoms with Gasteiger partial charge in [0, 0.05) is 11.2 Å². The van der Waals surface area contributed by atoms with Crippen LogP contribution in [0.4, 0.5) is 0 Å². The maximum atomic E-state index is 10.8. The van der Waals surface area contributed by atoms with E-state index in [1.165, 1.54) is 98.6 Å². The summed E-state index contributed by atoms with van der Waals surface area (Å²) in [5, 5.41) is 21.5. The molecule has 0 aromatic heterocycles. The molecular weight excluding hydrogens is 412 g/mol. The SMILES string of the molecule is Oc1ccc(C2(c3ccc(O)c(C4CCCCC4)c3)CCCSC2)cc1C1CCCCC1. The molecule has 1 saturated heterocycles. The summed E-state index contributed by atoms with van der Waals surface area (Å²) >= 11 is 2.06. The topological polar surface area (TPSA) is 40.5 Å². The first-order chi connectivity index (χ1) is 15.7. The maximum absolute atomic E-state index is 10.8. The van der Waals surface area contributed by atoms with Gasteiger partial charge in [-0.25, -0.2) is 0 Å². The molecule has 3 heteroatoms. The van der Waals surface area contributed by atoms with Crippen LogP contribution in [0.1, 0.15) is 111 Å². The number of hydrogen-bond donors (Lipinski definition) is 2. The molecule has 2 aliphatic carbocycles. The summed E-state index contributed by atoms with van der Waals surface area (Å²) in [6.45, 7) is 0. The summed E-state index contributed by atoms with van der Waals surface area (Å²) in [6.07, 6.45) is 14.9. The summed E-state index contributed by atoms with van der Waals surface area (Å²) in [7, 11) is 0. The Labute approximate surface area is 197 Å². The number of phenols is 2. The Hall–Kier alpha value is -1.61. The van der Waals surface area contributed by atoms with Crippen LogP contribution >= 0.6 is 11.8 Å². The summed E-state index contributed by atoms with van der Waals surface area (Å²) < 4.78 is 0. The fraction of sp³-hybridized carbons (Fsp3) is 0.586. The van der Waals surface area contributed by atoms with Gasteiger partial charge in [0.1, 0.15) is 11.5 Å². The van der Waals surface area contributed by atoms with E-state index >= 15 is 0 Å². The second-order valence-corrected chi connectivity index (χ2v) is 11.6. The van der Waals surface area contributed by atoms with Gasteiger partial charge in [-0.2, -0.15) is 11.8 Å². The molecule has 2 aromatic rings. The zero-order chi connectivity index (χ0) is 22.0. The van der Waals surface area contributed by atoms with Crippen molar-refractivity contribution in [3.8, 4) is 11.5 Å². The molecule has 5 rings (SSSR count). The van der Waals surface area contributed by atoms with E-state index < -0.39 is 0 Å². The van der Waals surface area contributed by atoms with Crippen molar-refractivity contribution in [2.75, 3.05) is 11.5 Å². The Kier molecular flexibility index (Phi) is 6.74. The van der Waals surface area contributed by atoms with Crippen LogP contribution in [-0.2, 0) is 5.41 Å². The third-order valence-corrected chi connectivity index (χ3v) is 9.77. The molecule has 2 aromatic carbocycles. The van der Waals surface area contributed by atoms with Crippen molar-refractivity contribution in [2.24, 2.45) is 0 Å². The minimum absolute atomic E-state index is 0.0306. The highest BCUT2D eigenvalue weighted by Crippen LogP contribution is 2.48. The zero-order valence-electron chi connectivity index (χ0n) is 19.3. The molecule has 1 aliphatic heterocycles. The second kappa shape index (κ2) is 9.71. The van der Waals surface area contributed by atoms with Crippen LogP contribution in [0, 0.1) is 0 Å². The van der Waals surface area contributed by atoms with Crippen molar-refractivity contribution >= 4 is 11.8 Å². The van der Waals surface area contributed by atoms with Crippen molar-refractivity contribution in [2.45, 2.75) is 94.3 Å². The van der Waals surface area contributed by atoms with Gasteiger partial charge < -0.3 is 10.2 Å². The van der Waals surface area contributed by atoms with E-state index in [-0.39, 0.29) is 5.41 Å². The average Bonchev–Trinajstić information content (AvgIpc) is 2.86. The smallest absolute Gasteiger partial charge is 0.119 e. The number of thioether (sulfide) groups is 1. The molecule has 0 amide bonds. The highest BCUT2D eigenvalue weighted by Gasteiger charge is 2.38. The Morgan fingerprint density at radius 1 is 0.656 bits per heavy atom. The van der Waals surface area contributed by atoms with Gasteiger partial charge in [-0.1, -0.05) is 62.8 Å². The van der Waals surface area contributed by atoms with Gasteiger partial charge in [-0.15, -0.1) is 0 Å². The monoisotopic (exact) mass is 450 g/mol. The van der Waals surface area contributed by atoms with Crippen molar-refractivity contribution in [1.82, 2.24) is 0 Å². The Balaban J connectivity index is 1.56. The normalized spacial score (nSPS) is 22.6. The van der Waals surface area contributed by atoms with E-state index in [0.717, 1.165) is 12.2 Å². The van der Waals surface area contributed by atoms with Gasteiger partial charge in [0.15, 0.2) is 0 Å². The van der Waals surface area contributed by atoms with Gasteiger partial charge in [-0.3, -0.25) is 0 Å². The molecule has 32 heavy (non-hydrogen) atoms. The molecule has 2 N–H and O–H groups in total. The lowest BCUT2D eigenvalue weighted by atomic mass is 9.70. The van der Waals surface area contributed by atoms with Crippen LogP contribution in [0.3, 0.4) is 0 Å². The zero-order valence-corrected chi connectivity index (χ0v) is 20.1. The molecule has 172 valence electrons. The first kappa shape index (κ1) is 22.2. The molecule has 1 heterocycles. The highest BCUT2D eigenvalue weighted by atomic mass is 32.2. The van der Waals surface area contributed by atoms with Crippen LogP contribution in [-0.4, -0.2) is 21.7 Å². The molecular formula is C29H38O2S. The van der Waals surface area contributed by atoms with Gasteiger partial charge in [0.05, 0.1) is 0 Å². The number of rotatable bonds is 4. The van der Waals surface area contributed by atoms with Crippen molar-refractivity contribution < 1.29 is 10.2 Å². The second-order valence-electron chi connectivity index (χ2n) is 10.5. The van der Waals surface area contributed by atoms with Gasteiger partial charge in [0.2, 0.25) is 0 Å². The molecule has 3 aliphatic rings. The molecule has 2 nitrogen and oxygen atoms in total. The predicted molar refractivity (Wildman–Crippen MR) is 135 cm³/mol. The van der Waals surface area contributed by atoms with Crippen LogP contribution < -0.4 is 0 Å². The van der Waals surface area contributed by atoms with E-state index in [0.29, 0.717) is 23.3 Å². The van der Waals surface area contributed by atoms with E-state index in [9.17, 15) is 10.2 Å². The summed E-state index contributed by atoms with van der Waals surface area (Å²) in [6, 6.07) is 13.0. The number of hydrogen-bond acceptors (Lipinski definition) is 3. The lowest BCUT2D eigenvalue weighted by Crippen LogP contribution is -2.34. The molecule has 0 atom stereocenters. The van der Waals surface area contributed by atoms with Crippen molar-refractivity contribution in [3.05, 3.63) is 58.7 Å². The molecule has 0 radical (unpaired) electrons. The largest absolute Gasteiger partial charge is 0.508 e. The quantitative estimate of drug-likeness (QED) is 0.495. The first-order valence-corrected chi connectivity index (χ1v) is 14.1. The Bertz CT molecular complexity index is 849. The third kappa shape index (κ3) is 4.30. The molecule has 0 bridgehead atoms. The van der Waals surface area contributed by atoms with E-state index in [4.69, 9.17) is 0 Å². The standard InChI is InChI=1S/C29H38O2S/c30-27-14-12-23(18-25(27)21-8-3-1-4-9-21)29(16-7-17-32-20-29)24-13-15-28(31)26(19-24)22-10-5-2-6-11-22/h12-15,18-19,21-22,30-31H,1-11,16-17,20H2. The van der Waals surface area contributed by atoms with E-state index in [2.05, 4.69) is 36.0 Å². The average molecular weight is 451 g/mol. The van der Waals surface area contributed by atoms with E-state index in [1.54, 1.807) is 0 Å². The number of aromatic hydroxyl groups is 2. The van der Waals surface area contributed by atoms with Crippen LogP contribution in [0.15, 0.2) is 36.4 Å². The first-order valence-electron chi connectivity index (χ1n) is 12.9.